The van der Waals surface area contributed by atoms with E-state index in [-0.39, 0.29) is 0 Å². The highest BCUT2D eigenvalue weighted by atomic mass is 16.4. The van der Waals surface area contributed by atoms with E-state index in [1.165, 1.54) is 11.0 Å². The lowest BCUT2D eigenvalue weighted by Crippen LogP contribution is -2.47. The third kappa shape index (κ3) is 0.995. The zero-order valence-corrected chi connectivity index (χ0v) is 6.69. The second kappa shape index (κ2) is 2.97. The Morgan fingerprint density at radius 3 is 2.67 bits per heavy atom. The van der Waals surface area contributed by atoms with Gasteiger partial charge >= 0.3 is 5.97 Å². The first-order valence-electron chi connectivity index (χ1n) is 3.76. The van der Waals surface area contributed by atoms with E-state index in [1.54, 1.807) is 0 Å². The van der Waals surface area contributed by atoms with Crippen molar-refractivity contribution in [2.75, 3.05) is 6.54 Å². The molecule has 1 atom stereocenters. The van der Waals surface area contributed by atoms with Crippen LogP contribution in [0.1, 0.15) is 12.8 Å². The molecule has 0 spiro atoms. The molecule has 1 aliphatic rings. The summed E-state index contributed by atoms with van der Waals surface area (Å²) in [6.07, 6.45) is 3.08. The maximum Gasteiger partial charge on any atom is 0.333 e. The molecule has 0 radical (unpaired) electrons. The van der Waals surface area contributed by atoms with Crippen molar-refractivity contribution in [3.63, 3.8) is 0 Å². The zero-order chi connectivity index (χ0) is 9.19. The number of carbonyl (C=O) groups is 2. The van der Waals surface area contributed by atoms with Gasteiger partial charge in [0.2, 0.25) is 6.41 Å². The Labute approximate surface area is 70.5 Å². The van der Waals surface area contributed by atoms with Gasteiger partial charge < -0.3 is 10.0 Å². The maximum absolute atomic E-state index is 10.9. The molecule has 0 saturated carbocycles. The second-order valence-corrected chi connectivity index (χ2v) is 2.84. The summed E-state index contributed by atoms with van der Waals surface area (Å²) in [6, 6.07) is 0. The molecular formula is C8H11NO3. The van der Waals surface area contributed by atoms with E-state index in [1.807, 2.05) is 0 Å². The van der Waals surface area contributed by atoms with Gasteiger partial charge in [-0.25, -0.2) is 4.79 Å². The van der Waals surface area contributed by atoms with Gasteiger partial charge in [0.05, 0.1) is 0 Å². The molecule has 1 heterocycles. The Morgan fingerprint density at radius 2 is 2.33 bits per heavy atom. The van der Waals surface area contributed by atoms with Gasteiger partial charge in [-0.1, -0.05) is 6.08 Å². The van der Waals surface area contributed by atoms with Crippen molar-refractivity contribution >= 4 is 12.4 Å². The van der Waals surface area contributed by atoms with Crippen molar-refractivity contribution in [2.45, 2.75) is 18.4 Å². The average molecular weight is 169 g/mol. The van der Waals surface area contributed by atoms with E-state index in [2.05, 4.69) is 6.58 Å². The number of rotatable bonds is 3. The Kier molecular flexibility index (Phi) is 2.17. The van der Waals surface area contributed by atoms with Crippen LogP contribution in [-0.4, -0.2) is 34.5 Å². The van der Waals surface area contributed by atoms with Crippen LogP contribution in [0.3, 0.4) is 0 Å². The van der Waals surface area contributed by atoms with E-state index in [9.17, 15) is 9.59 Å². The summed E-state index contributed by atoms with van der Waals surface area (Å²) in [6.45, 7) is 3.95. The fourth-order valence-electron chi connectivity index (χ4n) is 1.55. The number of carboxylic acid groups (broad SMARTS) is 1. The van der Waals surface area contributed by atoms with Gasteiger partial charge in [0.15, 0.2) is 5.54 Å². The van der Waals surface area contributed by atoms with Crippen molar-refractivity contribution in [1.82, 2.24) is 4.90 Å². The lowest BCUT2D eigenvalue weighted by atomic mass is 9.97. The van der Waals surface area contributed by atoms with Gasteiger partial charge in [-0.2, -0.15) is 0 Å². The SMILES string of the molecule is C=CC1(C(=O)O)CCCN1C=O. The molecule has 4 nitrogen and oxygen atoms in total. The first-order chi connectivity index (χ1) is 5.67. The number of nitrogens with zero attached hydrogens (tertiary/aromatic N) is 1. The highest BCUT2D eigenvalue weighted by Crippen LogP contribution is 2.29. The maximum atomic E-state index is 10.9. The normalized spacial score (nSPS) is 28.5. The molecule has 1 fully saturated rings. The summed E-state index contributed by atoms with van der Waals surface area (Å²) in [5, 5.41) is 8.89. The van der Waals surface area contributed by atoms with E-state index < -0.39 is 11.5 Å². The largest absolute Gasteiger partial charge is 0.479 e. The summed E-state index contributed by atoms with van der Waals surface area (Å²) >= 11 is 0. The Hall–Kier alpha value is -1.32. The molecule has 0 bridgehead atoms. The lowest BCUT2D eigenvalue weighted by Gasteiger charge is -2.28. The minimum Gasteiger partial charge on any atom is -0.479 e. The summed E-state index contributed by atoms with van der Waals surface area (Å²) in [4.78, 5) is 22.6. The van der Waals surface area contributed by atoms with Gasteiger partial charge in [-0.15, -0.1) is 6.58 Å². The standard InChI is InChI=1S/C8H11NO3/c1-2-8(7(11)12)4-3-5-9(8)6-10/h2,6H,1,3-5H2,(H,11,12). The fourth-order valence-corrected chi connectivity index (χ4v) is 1.55. The lowest BCUT2D eigenvalue weighted by molar-refractivity contribution is -0.149. The summed E-state index contributed by atoms with van der Waals surface area (Å²) < 4.78 is 0. The Balaban J connectivity index is 2.98. The van der Waals surface area contributed by atoms with Gasteiger partial charge in [-0.3, -0.25) is 4.79 Å². The average Bonchev–Trinajstić information content (AvgIpc) is 2.47. The molecule has 66 valence electrons. The fraction of sp³-hybridized carbons (Fsp3) is 0.500. The van der Waals surface area contributed by atoms with Crippen molar-refractivity contribution in [2.24, 2.45) is 0 Å². The van der Waals surface area contributed by atoms with E-state index in [0.29, 0.717) is 19.4 Å². The number of carboxylic acids is 1. The van der Waals surface area contributed by atoms with Crippen LogP contribution >= 0.6 is 0 Å². The van der Waals surface area contributed by atoms with Crippen molar-refractivity contribution in [1.29, 1.82) is 0 Å². The molecule has 1 saturated heterocycles. The molecule has 1 N–H and O–H groups in total. The molecule has 0 aromatic carbocycles. The summed E-state index contributed by atoms with van der Waals surface area (Å²) in [5.41, 5.74) is -1.15. The number of hydrogen-bond donors (Lipinski definition) is 1. The second-order valence-electron chi connectivity index (χ2n) is 2.84. The van der Waals surface area contributed by atoms with Gasteiger partial charge in [0.25, 0.3) is 0 Å². The number of amides is 1. The van der Waals surface area contributed by atoms with Crippen molar-refractivity contribution < 1.29 is 14.7 Å². The number of likely N-dealkylation sites (tertiary alicyclic amines) is 1. The number of carbonyl (C=O) groups excluding carboxylic acids is 1. The smallest absolute Gasteiger partial charge is 0.333 e. The van der Waals surface area contributed by atoms with Crippen LogP contribution in [0.4, 0.5) is 0 Å². The molecule has 0 aromatic heterocycles. The third-order valence-electron chi connectivity index (χ3n) is 2.30. The van der Waals surface area contributed by atoms with Gasteiger partial charge in [0.1, 0.15) is 0 Å². The number of hydrogen-bond acceptors (Lipinski definition) is 2. The minimum absolute atomic E-state index is 0.463. The van der Waals surface area contributed by atoms with Crippen LogP contribution in [0.15, 0.2) is 12.7 Å². The van der Waals surface area contributed by atoms with E-state index in [4.69, 9.17) is 5.11 Å². The van der Waals surface area contributed by atoms with Gasteiger partial charge in [-0.05, 0) is 12.8 Å². The van der Waals surface area contributed by atoms with Crippen molar-refractivity contribution in [3.8, 4) is 0 Å². The van der Waals surface area contributed by atoms with E-state index in [0.717, 1.165) is 6.42 Å². The van der Waals surface area contributed by atoms with Gasteiger partial charge in [0, 0.05) is 6.54 Å². The zero-order valence-electron chi connectivity index (χ0n) is 6.69. The van der Waals surface area contributed by atoms with Crippen LogP contribution in [0, 0.1) is 0 Å². The molecular weight excluding hydrogens is 158 g/mol. The van der Waals surface area contributed by atoms with E-state index >= 15 is 0 Å². The molecule has 1 unspecified atom stereocenters. The topological polar surface area (TPSA) is 57.6 Å². The van der Waals surface area contributed by atoms with Crippen LogP contribution in [0.5, 0.6) is 0 Å². The predicted octanol–water partition coefficient (Wildman–Crippen LogP) is 0.248. The molecule has 0 aliphatic carbocycles. The first-order valence-corrected chi connectivity index (χ1v) is 3.76. The number of aliphatic carboxylic acids is 1. The quantitative estimate of drug-likeness (QED) is 0.486. The Morgan fingerprint density at radius 1 is 1.67 bits per heavy atom. The van der Waals surface area contributed by atoms with Crippen LogP contribution in [0.2, 0.25) is 0 Å². The predicted molar refractivity (Wildman–Crippen MR) is 42.6 cm³/mol. The first kappa shape index (κ1) is 8.77. The summed E-state index contributed by atoms with van der Waals surface area (Å²) in [5.74, 6) is -0.998. The molecule has 12 heavy (non-hydrogen) atoms. The monoisotopic (exact) mass is 169 g/mol. The molecule has 1 rings (SSSR count). The highest BCUT2D eigenvalue weighted by Gasteiger charge is 2.44. The van der Waals surface area contributed by atoms with Crippen LogP contribution in [0.25, 0.3) is 0 Å². The Bertz CT molecular complexity index is 226. The molecule has 1 amide bonds. The minimum atomic E-state index is -1.15. The van der Waals surface area contributed by atoms with Crippen LogP contribution < -0.4 is 0 Å². The summed E-state index contributed by atoms with van der Waals surface area (Å²) in [7, 11) is 0. The highest BCUT2D eigenvalue weighted by molar-refractivity contribution is 5.84. The van der Waals surface area contributed by atoms with Crippen molar-refractivity contribution in [3.05, 3.63) is 12.7 Å². The molecule has 0 aromatic rings. The molecule has 4 heteroatoms. The van der Waals surface area contributed by atoms with Crippen LogP contribution in [-0.2, 0) is 9.59 Å². The molecule has 1 aliphatic heterocycles. The third-order valence-corrected chi connectivity index (χ3v) is 2.30.